The van der Waals surface area contributed by atoms with E-state index in [0.29, 0.717) is 23.0 Å². The van der Waals surface area contributed by atoms with E-state index in [1.807, 2.05) is 36.4 Å². The Morgan fingerprint density at radius 2 is 1.96 bits per heavy atom. The lowest BCUT2D eigenvalue weighted by molar-refractivity contribution is -0.143. The molecule has 138 valence electrons. The van der Waals surface area contributed by atoms with Gasteiger partial charge in [-0.1, -0.05) is 41.4 Å². The Bertz CT molecular complexity index is 796. The van der Waals surface area contributed by atoms with Crippen LogP contribution in [-0.2, 0) is 4.79 Å². The van der Waals surface area contributed by atoms with E-state index in [0.717, 1.165) is 29.8 Å². The van der Waals surface area contributed by atoms with Crippen LogP contribution in [0.4, 0.5) is 0 Å². The van der Waals surface area contributed by atoms with Crippen molar-refractivity contribution in [1.82, 2.24) is 4.90 Å². The molecule has 0 aromatic heterocycles. The van der Waals surface area contributed by atoms with Crippen molar-refractivity contribution >= 4 is 29.2 Å². The van der Waals surface area contributed by atoms with E-state index in [1.165, 1.54) is 0 Å². The van der Waals surface area contributed by atoms with Crippen molar-refractivity contribution in [3.05, 3.63) is 63.6 Å². The minimum atomic E-state index is -0.742. The Kier molecular flexibility index (Phi) is 6.07. The molecule has 1 aliphatic heterocycles. The monoisotopic (exact) mass is 393 g/mol. The van der Waals surface area contributed by atoms with E-state index in [-0.39, 0.29) is 12.0 Å². The summed E-state index contributed by atoms with van der Waals surface area (Å²) in [5.41, 5.74) is 2.02. The molecule has 1 N–H and O–H groups in total. The van der Waals surface area contributed by atoms with Crippen molar-refractivity contribution in [3.8, 4) is 5.75 Å². The number of hydrogen-bond acceptors (Lipinski definition) is 3. The molecule has 4 nitrogen and oxygen atoms in total. The fourth-order valence-corrected chi connectivity index (χ4v) is 3.86. The second-order valence-corrected chi connectivity index (χ2v) is 7.34. The quantitative estimate of drug-likeness (QED) is 0.785. The molecule has 0 amide bonds. The molecule has 1 heterocycles. The fraction of sp³-hybridized carbons (Fsp3) is 0.350. The third-order valence-corrected chi connectivity index (χ3v) is 5.58. The lowest BCUT2D eigenvalue weighted by Gasteiger charge is -2.37. The largest absolute Gasteiger partial charge is 0.497 e. The van der Waals surface area contributed by atoms with Crippen molar-refractivity contribution in [2.75, 3.05) is 20.2 Å². The molecule has 2 aromatic rings. The van der Waals surface area contributed by atoms with Gasteiger partial charge in [0.05, 0.1) is 29.1 Å². The molecule has 2 aromatic carbocycles. The number of benzene rings is 2. The maximum absolute atomic E-state index is 11.5. The Morgan fingerprint density at radius 3 is 2.65 bits per heavy atom. The van der Waals surface area contributed by atoms with Crippen LogP contribution in [0.15, 0.2) is 42.5 Å². The Labute approximate surface area is 163 Å². The molecule has 1 saturated heterocycles. The Balaban J connectivity index is 2.03. The summed E-state index contributed by atoms with van der Waals surface area (Å²) in [5, 5.41) is 10.4. The van der Waals surface area contributed by atoms with Crippen LogP contribution in [0.1, 0.15) is 30.0 Å². The van der Waals surface area contributed by atoms with Gasteiger partial charge in [0.25, 0.3) is 0 Å². The molecule has 0 spiro atoms. The first-order chi connectivity index (χ1) is 12.5. The summed E-state index contributed by atoms with van der Waals surface area (Å²) in [5.74, 6) is -0.341. The first-order valence-corrected chi connectivity index (χ1v) is 9.31. The molecule has 3 rings (SSSR count). The van der Waals surface area contributed by atoms with Crippen LogP contribution < -0.4 is 4.74 Å². The van der Waals surface area contributed by atoms with Crippen LogP contribution in [0.5, 0.6) is 5.75 Å². The van der Waals surface area contributed by atoms with Gasteiger partial charge in [0, 0.05) is 6.54 Å². The second kappa shape index (κ2) is 8.30. The number of nitrogens with zero attached hydrogens (tertiary/aromatic N) is 1. The predicted molar refractivity (Wildman–Crippen MR) is 103 cm³/mol. The SMILES string of the molecule is COc1cccc(C(c2ccc(Cl)c(Cl)c2)N2CCCC(C(=O)O)C2)c1. The van der Waals surface area contributed by atoms with Crippen LogP contribution >= 0.6 is 23.2 Å². The van der Waals surface area contributed by atoms with Gasteiger partial charge in [-0.25, -0.2) is 0 Å². The molecule has 2 unspecified atom stereocenters. The average Bonchev–Trinajstić information content (AvgIpc) is 2.65. The summed E-state index contributed by atoms with van der Waals surface area (Å²) in [7, 11) is 1.63. The van der Waals surface area contributed by atoms with Crippen LogP contribution in [0.2, 0.25) is 10.0 Å². The summed E-state index contributed by atoms with van der Waals surface area (Å²) < 4.78 is 5.37. The number of aliphatic carboxylic acids is 1. The maximum Gasteiger partial charge on any atom is 0.307 e. The number of piperidine rings is 1. The smallest absolute Gasteiger partial charge is 0.307 e. The molecular formula is C20H21Cl2NO3. The standard InChI is InChI=1S/C20H21Cl2NO3/c1-26-16-6-2-4-13(10-16)19(14-7-8-17(21)18(22)11-14)23-9-3-5-15(12-23)20(24)25/h2,4,6-8,10-11,15,19H,3,5,9,12H2,1H3,(H,24,25). The summed E-state index contributed by atoms with van der Waals surface area (Å²) >= 11 is 12.3. The van der Waals surface area contributed by atoms with E-state index < -0.39 is 5.97 Å². The van der Waals surface area contributed by atoms with E-state index >= 15 is 0 Å². The van der Waals surface area contributed by atoms with E-state index in [1.54, 1.807) is 13.2 Å². The van der Waals surface area contributed by atoms with Gasteiger partial charge in [-0.15, -0.1) is 0 Å². The van der Waals surface area contributed by atoms with Gasteiger partial charge in [-0.05, 0) is 54.8 Å². The number of carboxylic acid groups (broad SMARTS) is 1. The zero-order valence-corrected chi connectivity index (χ0v) is 16.0. The molecule has 26 heavy (non-hydrogen) atoms. The van der Waals surface area contributed by atoms with Crippen molar-refractivity contribution in [1.29, 1.82) is 0 Å². The molecule has 2 atom stereocenters. The van der Waals surface area contributed by atoms with E-state index in [2.05, 4.69) is 4.90 Å². The molecule has 1 fully saturated rings. The normalized spacial score (nSPS) is 19.1. The van der Waals surface area contributed by atoms with Crippen LogP contribution in [0, 0.1) is 5.92 Å². The van der Waals surface area contributed by atoms with Gasteiger partial charge in [0.2, 0.25) is 0 Å². The third kappa shape index (κ3) is 4.14. The lowest BCUT2D eigenvalue weighted by atomic mass is 9.91. The number of halogens is 2. The molecule has 0 radical (unpaired) electrons. The molecule has 0 aliphatic carbocycles. The van der Waals surface area contributed by atoms with Crippen molar-refractivity contribution in [2.24, 2.45) is 5.92 Å². The Hall–Kier alpha value is -1.75. The summed E-state index contributed by atoms with van der Waals surface area (Å²) in [6.07, 6.45) is 1.55. The lowest BCUT2D eigenvalue weighted by Crippen LogP contribution is -2.41. The van der Waals surface area contributed by atoms with Gasteiger partial charge in [0.15, 0.2) is 0 Å². The number of ether oxygens (including phenoxy) is 1. The first-order valence-electron chi connectivity index (χ1n) is 8.55. The third-order valence-electron chi connectivity index (χ3n) is 4.84. The predicted octanol–water partition coefficient (Wildman–Crippen LogP) is 4.89. The zero-order valence-electron chi connectivity index (χ0n) is 14.5. The molecule has 1 aliphatic rings. The van der Waals surface area contributed by atoms with E-state index in [4.69, 9.17) is 27.9 Å². The fourth-order valence-electron chi connectivity index (χ4n) is 3.55. The minimum Gasteiger partial charge on any atom is -0.497 e. The van der Waals surface area contributed by atoms with Gasteiger partial charge in [-0.3, -0.25) is 9.69 Å². The second-order valence-electron chi connectivity index (χ2n) is 6.53. The van der Waals surface area contributed by atoms with Crippen LogP contribution in [0.25, 0.3) is 0 Å². The molecule has 0 saturated carbocycles. The number of hydrogen-bond donors (Lipinski definition) is 1. The number of carbonyl (C=O) groups is 1. The van der Waals surface area contributed by atoms with Crippen molar-refractivity contribution in [2.45, 2.75) is 18.9 Å². The zero-order chi connectivity index (χ0) is 18.7. The highest BCUT2D eigenvalue weighted by Crippen LogP contribution is 2.36. The number of likely N-dealkylation sites (tertiary alicyclic amines) is 1. The number of carboxylic acids is 1. The Morgan fingerprint density at radius 1 is 1.19 bits per heavy atom. The number of methoxy groups -OCH3 is 1. The summed E-state index contributed by atoms with van der Waals surface area (Å²) in [6.45, 7) is 1.32. The highest BCUT2D eigenvalue weighted by atomic mass is 35.5. The maximum atomic E-state index is 11.5. The highest BCUT2D eigenvalue weighted by molar-refractivity contribution is 6.42. The topological polar surface area (TPSA) is 49.8 Å². The van der Waals surface area contributed by atoms with Crippen LogP contribution in [0.3, 0.4) is 0 Å². The molecule has 6 heteroatoms. The van der Waals surface area contributed by atoms with Crippen LogP contribution in [-0.4, -0.2) is 36.2 Å². The van der Waals surface area contributed by atoms with E-state index in [9.17, 15) is 9.90 Å². The molecule has 0 bridgehead atoms. The highest BCUT2D eigenvalue weighted by Gasteiger charge is 2.31. The van der Waals surface area contributed by atoms with Gasteiger partial charge in [0.1, 0.15) is 5.75 Å². The van der Waals surface area contributed by atoms with Crippen molar-refractivity contribution in [3.63, 3.8) is 0 Å². The molecular weight excluding hydrogens is 373 g/mol. The first kappa shape index (κ1) is 19.0. The van der Waals surface area contributed by atoms with Gasteiger partial charge < -0.3 is 9.84 Å². The minimum absolute atomic E-state index is 0.109. The number of rotatable bonds is 5. The summed E-state index contributed by atoms with van der Waals surface area (Å²) in [6, 6.07) is 13.3. The van der Waals surface area contributed by atoms with Crippen molar-refractivity contribution < 1.29 is 14.6 Å². The van der Waals surface area contributed by atoms with Gasteiger partial charge in [-0.2, -0.15) is 0 Å². The average molecular weight is 394 g/mol. The van der Waals surface area contributed by atoms with Gasteiger partial charge >= 0.3 is 5.97 Å². The summed E-state index contributed by atoms with van der Waals surface area (Å²) in [4.78, 5) is 13.7.